The molecule has 3 rings (SSSR count). The summed E-state index contributed by atoms with van der Waals surface area (Å²) in [5.41, 5.74) is -1.11. The highest BCUT2D eigenvalue weighted by molar-refractivity contribution is 5.93. The number of nitrogens with zero attached hydrogens (tertiary/aromatic N) is 1. The van der Waals surface area contributed by atoms with Gasteiger partial charge in [0.15, 0.2) is 22.6 Å². The van der Waals surface area contributed by atoms with Crippen molar-refractivity contribution in [2.45, 2.75) is 53.4 Å². The van der Waals surface area contributed by atoms with Gasteiger partial charge in [-0.25, -0.2) is 13.2 Å². The molecule has 8 heteroatoms. The second-order valence-corrected chi connectivity index (χ2v) is 8.28. The Hall–Kier alpha value is -3.29. The first kappa shape index (κ1) is 25.3. The molecule has 0 aliphatic rings. The lowest BCUT2D eigenvalue weighted by atomic mass is 10.1. The molecule has 0 saturated heterocycles. The lowest BCUT2D eigenvalue weighted by molar-refractivity contribution is -0.116. The van der Waals surface area contributed by atoms with Crippen LogP contribution in [0.1, 0.15) is 52.0 Å². The maximum Gasteiger partial charge on any atom is 0.223 e. The summed E-state index contributed by atoms with van der Waals surface area (Å²) in [6, 6.07) is 5.13. The van der Waals surface area contributed by atoms with Gasteiger partial charge >= 0.3 is 0 Å². The third-order valence-electron chi connectivity index (χ3n) is 5.71. The third-order valence-corrected chi connectivity index (χ3v) is 5.71. The fourth-order valence-electron chi connectivity index (χ4n) is 3.90. The predicted octanol–water partition coefficient (Wildman–Crippen LogP) is 6.55. The molecule has 0 aliphatic heterocycles. The van der Waals surface area contributed by atoms with Crippen molar-refractivity contribution in [3.05, 3.63) is 57.5 Å². The van der Waals surface area contributed by atoms with E-state index in [1.54, 1.807) is 0 Å². The summed E-state index contributed by atoms with van der Waals surface area (Å²) in [7, 11) is 0. The molecule has 0 spiro atoms. The van der Waals surface area contributed by atoms with E-state index in [1.807, 2.05) is 13.8 Å². The maximum atomic E-state index is 15.0. The van der Waals surface area contributed by atoms with E-state index >= 15 is 0 Å². The Morgan fingerprint density at radius 1 is 1.06 bits per heavy atom. The monoisotopic (exact) mass is 474 g/mol. The molecular formula is C26H29F3N2O3. The van der Waals surface area contributed by atoms with Crippen LogP contribution >= 0.6 is 0 Å². The molecule has 1 heterocycles. The SMILES string of the molecule is CCCCCNc1c(F)c(C)c(F)c2oc(-c3ccc(N(CCC)C(C)=O)c(F)c3)cc(=O)c12. The summed E-state index contributed by atoms with van der Waals surface area (Å²) >= 11 is 0. The van der Waals surface area contributed by atoms with Crippen molar-refractivity contribution in [3.8, 4) is 11.3 Å². The van der Waals surface area contributed by atoms with Gasteiger partial charge in [-0.15, -0.1) is 0 Å². The average Bonchev–Trinajstić information content (AvgIpc) is 2.80. The smallest absolute Gasteiger partial charge is 0.223 e. The van der Waals surface area contributed by atoms with Gasteiger partial charge in [0.25, 0.3) is 0 Å². The summed E-state index contributed by atoms with van der Waals surface area (Å²) in [5, 5.41) is 2.69. The van der Waals surface area contributed by atoms with Crippen molar-refractivity contribution >= 4 is 28.3 Å². The molecule has 0 atom stereocenters. The Balaban J connectivity index is 2.11. The fraction of sp³-hybridized carbons (Fsp3) is 0.385. The van der Waals surface area contributed by atoms with Crippen LogP contribution in [0.5, 0.6) is 0 Å². The van der Waals surface area contributed by atoms with Crippen LogP contribution in [0, 0.1) is 24.4 Å². The highest BCUT2D eigenvalue weighted by Crippen LogP contribution is 2.34. The van der Waals surface area contributed by atoms with Crippen molar-refractivity contribution in [3.63, 3.8) is 0 Å². The zero-order valence-corrected chi connectivity index (χ0v) is 19.9. The molecular weight excluding hydrogens is 445 g/mol. The first-order chi connectivity index (χ1) is 16.2. The number of carbonyl (C=O) groups excluding carboxylic acids is 1. The molecule has 182 valence electrons. The van der Waals surface area contributed by atoms with Gasteiger partial charge in [-0.3, -0.25) is 9.59 Å². The number of anilines is 2. The van der Waals surface area contributed by atoms with E-state index < -0.39 is 22.9 Å². The number of hydrogen-bond donors (Lipinski definition) is 1. The van der Waals surface area contributed by atoms with Crippen LogP contribution in [0.25, 0.3) is 22.3 Å². The number of amides is 1. The summed E-state index contributed by atoms with van der Waals surface area (Å²) in [4.78, 5) is 26.2. The second kappa shape index (κ2) is 10.8. The molecule has 0 radical (unpaired) electrons. The van der Waals surface area contributed by atoms with E-state index in [9.17, 15) is 22.8 Å². The van der Waals surface area contributed by atoms with Gasteiger partial charge in [0.05, 0.1) is 16.8 Å². The van der Waals surface area contributed by atoms with Crippen molar-refractivity contribution in [2.24, 2.45) is 0 Å². The Morgan fingerprint density at radius 2 is 1.79 bits per heavy atom. The van der Waals surface area contributed by atoms with Gasteiger partial charge in [0.1, 0.15) is 11.6 Å². The van der Waals surface area contributed by atoms with Gasteiger partial charge in [0.2, 0.25) is 5.91 Å². The minimum atomic E-state index is -0.978. The number of halogens is 3. The minimum absolute atomic E-state index is 0.0605. The van der Waals surface area contributed by atoms with E-state index in [2.05, 4.69) is 5.32 Å². The van der Waals surface area contributed by atoms with Gasteiger partial charge in [0, 0.05) is 37.2 Å². The number of fused-ring (bicyclic) bond motifs is 1. The first-order valence-electron chi connectivity index (χ1n) is 11.5. The molecule has 0 fully saturated rings. The average molecular weight is 475 g/mol. The molecule has 3 aromatic rings. The zero-order valence-electron chi connectivity index (χ0n) is 19.9. The summed E-state index contributed by atoms with van der Waals surface area (Å²) in [6.45, 7) is 7.29. The third kappa shape index (κ3) is 4.95. The fourth-order valence-corrected chi connectivity index (χ4v) is 3.90. The van der Waals surface area contributed by atoms with Crippen LogP contribution in [0.15, 0.2) is 33.5 Å². The van der Waals surface area contributed by atoms with Gasteiger partial charge < -0.3 is 14.6 Å². The predicted molar refractivity (Wildman–Crippen MR) is 129 cm³/mol. The molecule has 1 N–H and O–H groups in total. The highest BCUT2D eigenvalue weighted by Gasteiger charge is 2.23. The Kier molecular flexibility index (Phi) is 8.02. The molecule has 0 unspecified atom stereocenters. The molecule has 0 aliphatic carbocycles. The van der Waals surface area contributed by atoms with Crippen LogP contribution in [0.4, 0.5) is 24.5 Å². The van der Waals surface area contributed by atoms with Gasteiger partial charge in [-0.2, -0.15) is 0 Å². The highest BCUT2D eigenvalue weighted by atomic mass is 19.1. The number of nitrogens with one attached hydrogen (secondary N) is 1. The van der Waals surface area contributed by atoms with Crippen molar-refractivity contribution < 1.29 is 22.4 Å². The molecule has 1 amide bonds. The second-order valence-electron chi connectivity index (χ2n) is 8.28. The largest absolute Gasteiger partial charge is 0.453 e. The van der Waals surface area contributed by atoms with E-state index in [0.717, 1.165) is 31.4 Å². The zero-order chi connectivity index (χ0) is 25.0. The van der Waals surface area contributed by atoms with Crippen LogP contribution in [0.2, 0.25) is 0 Å². The quantitative estimate of drug-likeness (QED) is 0.357. The topological polar surface area (TPSA) is 62.6 Å². The lowest BCUT2D eigenvalue weighted by Crippen LogP contribution is -2.29. The summed E-state index contributed by atoms with van der Waals surface area (Å²) in [5.74, 6) is -2.86. The number of unbranched alkanes of at least 4 members (excludes halogenated alkanes) is 2. The molecule has 34 heavy (non-hydrogen) atoms. The summed E-state index contributed by atoms with van der Waals surface area (Å²) < 4.78 is 50.4. The van der Waals surface area contributed by atoms with Gasteiger partial charge in [-0.1, -0.05) is 26.7 Å². The van der Waals surface area contributed by atoms with E-state index in [1.165, 1.54) is 30.9 Å². The van der Waals surface area contributed by atoms with Crippen LogP contribution < -0.4 is 15.6 Å². The standard InChI is InChI=1S/C26H29F3N2O3/c1-5-7-8-11-30-25-22-20(33)14-21(34-26(22)24(29)15(3)23(25)28)17-9-10-19(18(27)13-17)31(12-6-2)16(4)32/h9-10,13-14,30H,5-8,11-12H2,1-4H3. The first-order valence-corrected chi connectivity index (χ1v) is 11.5. The number of hydrogen-bond acceptors (Lipinski definition) is 4. The number of rotatable bonds is 9. The summed E-state index contributed by atoms with van der Waals surface area (Å²) in [6.07, 6.45) is 3.30. The van der Waals surface area contributed by atoms with Crippen molar-refractivity contribution in [1.82, 2.24) is 0 Å². The molecule has 1 aromatic heterocycles. The normalized spacial score (nSPS) is 11.1. The van der Waals surface area contributed by atoms with Crippen LogP contribution in [-0.2, 0) is 4.79 Å². The molecule has 0 bridgehead atoms. The maximum absolute atomic E-state index is 15.0. The minimum Gasteiger partial charge on any atom is -0.453 e. The lowest BCUT2D eigenvalue weighted by Gasteiger charge is -2.21. The van der Waals surface area contributed by atoms with E-state index in [4.69, 9.17) is 4.42 Å². The van der Waals surface area contributed by atoms with Gasteiger partial charge in [-0.05, 0) is 38.0 Å². The van der Waals surface area contributed by atoms with E-state index in [-0.39, 0.29) is 45.1 Å². The Morgan fingerprint density at radius 3 is 2.41 bits per heavy atom. The van der Waals surface area contributed by atoms with Crippen molar-refractivity contribution in [2.75, 3.05) is 23.3 Å². The van der Waals surface area contributed by atoms with Crippen LogP contribution in [-0.4, -0.2) is 19.0 Å². The van der Waals surface area contributed by atoms with Crippen molar-refractivity contribution in [1.29, 1.82) is 0 Å². The Bertz CT molecular complexity index is 1270. The number of carbonyl (C=O) groups is 1. The molecule has 5 nitrogen and oxygen atoms in total. The Labute approximate surface area is 196 Å². The van der Waals surface area contributed by atoms with E-state index in [0.29, 0.717) is 19.5 Å². The molecule has 0 saturated carbocycles. The number of benzene rings is 2. The van der Waals surface area contributed by atoms with Crippen LogP contribution in [0.3, 0.4) is 0 Å². The molecule has 2 aromatic carbocycles.